The average Bonchev–Trinajstić information content (AvgIpc) is 2.46. The van der Waals surface area contributed by atoms with Crippen LogP contribution < -0.4 is 0 Å². The van der Waals surface area contributed by atoms with Crippen LogP contribution in [0.5, 0.6) is 0 Å². The van der Waals surface area contributed by atoms with Crippen LogP contribution >= 0.6 is 0 Å². The SMILES string of the molecule is COC1CCCCC2C(C1)N=NN2C. The molecule has 3 atom stereocenters. The summed E-state index contributed by atoms with van der Waals surface area (Å²) in [5, 5.41) is 10.5. The molecule has 3 unspecified atom stereocenters. The van der Waals surface area contributed by atoms with Crippen LogP contribution in [0, 0.1) is 0 Å². The van der Waals surface area contributed by atoms with Gasteiger partial charge in [0.15, 0.2) is 0 Å². The molecule has 0 radical (unpaired) electrons. The Morgan fingerprint density at radius 2 is 2.07 bits per heavy atom. The summed E-state index contributed by atoms with van der Waals surface area (Å²) in [6.07, 6.45) is 6.37. The van der Waals surface area contributed by atoms with Crippen LogP contribution in [-0.4, -0.2) is 37.4 Å². The summed E-state index contributed by atoms with van der Waals surface area (Å²) in [5.74, 6) is 0. The lowest BCUT2D eigenvalue weighted by atomic mass is 9.91. The number of nitrogens with zero attached hydrogens (tertiary/aromatic N) is 3. The predicted octanol–water partition coefficient (Wildman–Crippen LogP) is 2.02. The third-order valence-electron chi connectivity index (χ3n) is 3.38. The van der Waals surface area contributed by atoms with Crippen molar-refractivity contribution in [1.29, 1.82) is 0 Å². The molecule has 0 N–H and O–H groups in total. The van der Waals surface area contributed by atoms with Crippen molar-refractivity contribution in [1.82, 2.24) is 5.01 Å². The van der Waals surface area contributed by atoms with E-state index in [1.165, 1.54) is 25.7 Å². The van der Waals surface area contributed by atoms with Gasteiger partial charge in [-0.3, -0.25) is 5.01 Å². The average molecular weight is 197 g/mol. The Hall–Kier alpha value is -0.640. The highest BCUT2D eigenvalue weighted by molar-refractivity contribution is 4.88. The molecule has 0 saturated heterocycles. The van der Waals surface area contributed by atoms with E-state index in [1.54, 1.807) is 7.11 Å². The van der Waals surface area contributed by atoms with Crippen molar-refractivity contribution in [2.75, 3.05) is 14.2 Å². The maximum Gasteiger partial charge on any atom is 0.0974 e. The third kappa shape index (κ3) is 1.90. The number of likely N-dealkylation sites (N-methyl/N-ethyl adjacent to an activating group) is 1. The Balaban J connectivity index is 2.01. The van der Waals surface area contributed by atoms with Crippen LogP contribution in [0.15, 0.2) is 10.3 Å². The van der Waals surface area contributed by atoms with Crippen molar-refractivity contribution < 1.29 is 4.74 Å². The second-order valence-corrected chi connectivity index (χ2v) is 4.29. The van der Waals surface area contributed by atoms with Crippen LogP contribution in [0.1, 0.15) is 32.1 Å². The number of ether oxygens (including phenoxy) is 1. The lowest BCUT2D eigenvalue weighted by Gasteiger charge is -2.27. The zero-order valence-corrected chi connectivity index (χ0v) is 9.02. The van der Waals surface area contributed by atoms with Gasteiger partial charge in [-0.2, -0.15) is 5.11 Å². The summed E-state index contributed by atoms with van der Waals surface area (Å²) in [4.78, 5) is 0. The van der Waals surface area contributed by atoms with Crippen LogP contribution in [0.25, 0.3) is 0 Å². The number of hydrogen-bond donors (Lipinski definition) is 0. The third-order valence-corrected chi connectivity index (χ3v) is 3.38. The van der Waals surface area contributed by atoms with Gasteiger partial charge < -0.3 is 4.74 Å². The molecule has 0 aromatic carbocycles. The monoisotopic (exact) mass is 197 g/mol. The molecule has 1 aliphatic heterocycles. The molecular weight excluding hydrogens is 178 g/mol. The molecule has 2 rings (SSSR count). The van der Waals surface area contributed by atoms with Gasteiger partial charge in [-0.25, -0.2) is 0 Å². The summed E-state index contributed by atoms with van der Waals surface area (Å²) in [6, 6.07) is 0.887. The van der Waals surface area contributed by atoms with Crippen molar-refractivity contribution >= 4 is 0 Å². The minimum absolute atomic E-state index is 0.366. The van der Waals surface area contributed by atoms with Crippen LogP contribution in [0.2, 0.25) is 0 Å². The molecule has 1 saturated carbocycles. The van der Waals surface area contributed by atoms with E-state index in [9.17, 15) is 0 Å². The first-order valence-corrected chi connectivity index (χ1v) is 5.47. The predicted molar refractivity (Wildman–Crippen MR) is 54.1 cm³/mol. The van der Waals surface area contributed by atoms with Gasteiger partial charge in [0.05, 0.1) is 18.2 Å². The first kappa shape index (κ1) is 9.90. The van der Waals surface area contributed by atoms with E-state index in [-0.39, 0.29) is 0 Å². The van der Waals surface area contributed by atoms with Gasteiger partial charge in [0.2, 0.25) is 0 Å². The summed E-state index contributed by atoms with van der Waals surface area (Å²) < 4.78 is 5.45. The van der Waals surface area contributed by atoms with Gasteiger partial charge in [0.1, 0.15) is 0 Å². The molecule has 0 spiro atoms. The van der Waals surface area contributed by atoms with E-state index >= 15 is 0 Å². The Kier molecular flexibility index (Phi) is 3.01. The van der Waals surface area contributed by atoms with E-state index in [0.29, 0.717) is 18.2 Å². The first-order valence-electron chi connectivity index (χ1n) is 5.47. The minimum Gasteiger partial charge on any atom is -0.381 e. The maximum absolute atomic E-state index is 5.45. The van der Waals surface area contributed by atoms with E-state index in [2.05, 4.69) is 10.3 Å². The van der Waals surface area contributed by atoms with Gasteiger partial charge in [-0.1, -0.05) is 18.1 Å². The zero-order chi connectivity index (χ0) is 9.97. The van der Waals surface area contributed by atoms with E-state index in [4.69, 9.17) is 4.74 Å². The smallest absolute Gasteiger partial charge is 0.0974 e. The van der Waals surface area contributed by atoms with Gasteiger partial charge in [-0.05, 0) is 19.3 Å². The summed E-state index contributed by atoms with van der Waals surface area (Å²) in [7, 11) is 3.83. The van der Waals surface area contributed by atoms with Gasteiger partial charge in [0, 0.05) is 14.2 Å². The second-order valence-electron chi connectivity index (χ2n) is 4.29. The van der Waals surface area contributed by atoms with Crippen molar-refractivity contribution in [2.45, 2.75) is 50.3 Å². The molecule has 1 fully saturated rings. The Morgan fingerprint density at radius 3 is 2.86 bits per heavy atom. The lowest BCUT2D eigenvalue weighted by Crippen LogP contribution is -2.36. The number of rotatable bonds is 1. The summed E-state index contributed by atoms with van der Waals surface area (Å²) >= 11 is 0. The fourth-order valence-electron chi connectivity index (χ4n) is 2.45. The molecule has 1 aliphatic carbocycles. The van der Waals surface area contributed by atoms with Crippen molar-refractivity contribution in [3.63, 3.8) is 0 Å². The summed E-state index contributed by atoms with van der Waals surface area (Å²) in [5.41, 5.74) is 0. The largest absolute Gasteiger partial charge is 0.381 e. The molecule has 0 aromatic rings. The van der Waals surface area contributed by atoms with Gasteiger partial charge in [0.25, 0.3) is 0 Å². The van der Waals surface area contributed by atoms with Crippen molar-refractivity contribution in [3.05, 3.63) is 0 Å². The van der Waals surface area contributed by atoms with E-state index in [1.807, 2.05) is 12.1 Å². The number of fused-ring (bicyclic) bond motifs is 1. The molecule has 0 amide bonds. The molecule has 14 heavy (non-hydrogen) atoms. The Labute approximate surface area is 85.3 Å². The standard InChI is InChI=1S/C10H19N3O/c1-13-10-6-4-3-5-8(14-2)7-9(10)11-12-13/h8-10H,3-7H2,1-2H3. The quantitative estimate of drug-likeness (QED) is 0.645. The highest BCUT2D eigenvalue weighted by Crippen LogP contribution is 2.28. The molecular formula is C10H19N3O. The highest BCUT2D eigenvalue weighted by Gasteiger charge is 2.33. The molecule has 0 aromatic heterocycles. The molecule has 4 heteroatoms. The minimum atomic E-state index is 0.366. The maximum atomic E-state index is 5.45. The fraction of sp³-hybridized carbons (Fsp3) is 1.00. The fourth-order valence-corrected chi connectivity index (χ4v) is 2.45. The lowest BCUT2D eigenvalue weighted by molar-refractivity contribution is 0.0666. The number of methoxy groups -OCH3 is 1. The topological polar surface area (TPSA) is 37.2 Å². The van der Waals surface area contributed by atoms with Crippen molar-refractivity contribution in [2.24, 2.45) is 10.3 Å². The second kappa shape index (κ2) is 4.26. The van der Waals surface area contributed by atoms with Gasteiger partial charge >= 0.3 is 0 Å². The normalized spacial score (nSPS) is 37.9. The Bertz CT molecular complexity index is 219. The van der Waals surface area contributed by atoms with Gasteiger partial charge in [-0.15, -0.1) is 0 Å². The van der Waals surface area contributed by atoms with Crippen LogP contribution in [0.4, 0.5) is 0 Å². The zero-order valence-electron chi connectivity index (χ0n) is 9.02. The molecule has 80 valence electrons. The van der Waals surface area contributed by atoms with Crippen LogP contribution in [-0.2, 0) is 4.74 Å². The molecule has 4 nitrogen and oxygen atoms in total. The molecule has 1 heterocycles. The molecule has 2 aliphatic rings. The molecule has 0 bridgehead atoms. The van der Waals surface area contributed by atoms with E-state index < -0.39 is 0 Å². The Morgan fingerprint density at radius 1 is 1.29 bits per heavy atom. The highest BCUT2D eigenvalue weighted by atomic mass is 16.5. The van der Waals surface area contributed by atoms with E-state index in [0.717, 1.165) is 6.42 Å². The van der Waals surface area contributed by atoms with Crippen LogP contribution in [0.3, 0.4) is 0 Å². The number of hydrogen-bond acceptors (Lipinski definition) is 4. The van der Waals surface area contributed by atoms with Crippen molar-refractivity contribution in [3.8, 4) is 0 Å². The first-order chi connectivity index (χ1) is 6.81. The summed E-state index contributed by atoms with van der Waals surface area (Å²) in [6.45, 7) is 0.